The van der Waals surface area contributed by atoms with E-state index in [0.29, 0.717) is 0 Å². The number of benzene rings is 1. The van der Waals surface area contributed by atoms with Crippen LogP contribution in [0.15, 0.2) is 41.4 Å². The van der Waals surface area contributed by atoms with Crippen molar-refractivity contribution in [3.8, 4) is 0 Å². The Hall–Kier alpha value is -0.721. The molecule has 1 heterocycles. The maximum Gasteiger partial charge on any atom is 0.0466 e. The van der Waals surface area contributed by atoms with E-state index >= 15 is 0 Å². The molecule has 1 radical (unpaired) electrons. The van der Waals surface area contributed by atoms with Crippen LogP contribution in [-0.2, 0) is 20.1 Å². The van der Waals surface area contributed by atoms with Crippen LogP contribution >= 0.6 is 0 Å². The van der Waals surface area contributed by atoms with Crippen molar-refractivity contribution in [1.29, 1.82) is 0 Å². The normalized spacial score (nSPS) is 17.9. The van der Waals surface area contributed by atoms with Crippen LogP contribution in [0.4, 0.5) is 0 Å². The fourth-order valence-electron chi connectivity index (χ4n) is 1.75. The second kappa shape index (κ2) is 4.87. The molecule has 1 aliphatic rings. The minimum Gasteiger partial charge on any atom is -0.332 e. The smallest absolute Gasteiger partial charge is 0.0466 e. The van der Waals surface area contributed by atoms with Crippen LogP contribution in [0.3, 0.4) is 0 Å². The van der Waals surface area contributed by atoms with E-state index in [2.05, 4.69) is 43.1 Å². The molecule has 0 atom stereocenters. The summed E-state index contributed by atoms with van der Waals surface area (Å²) in [5.74, 6) is 0. The first kappa shape index (κ1) is 12.3. The molecule has 0 aliphatic carbocycles. The molecule has 0 spiro atoms. The zero-order valence-corrected chi connectivity index (χ0v) is 11.3. The van der Waals surface area contributed by atoms with E-state index in [4.69, 9.17) is 0 Å². The maximum absolute atomic E-state index is 4.55. The van der Waals surface area contributed by atoms with Gasteiger partial charge in [-0.1, -0.05) is 26.0 Å². The molecule has 2 heteroatoms. The number of nitrogens with zero attached hydrogens (tertiary/aromatic N) is 1. The largest absolute Gasteiger partial charge is 0.332 e. The fourth-order valence-corrected chi connectivity index (χ4v) is 1.75. The summed E-state index contributed by atoms with van der Waals surface area (Å²) >= 11 is 0. The average Bonchev–Trinajstić information content (AvgIpc) is 2.18. The van der Waals surface area contributed by atoms with Crippen molar-refractivity contribution in [2.24, 2.45) is 10.4 Å². The molecule has 1 aromatic carbocycles. The van der Waals surface area contributed by atoms with Crippen molar-refractivity contribution in [1.82, 2.24) is 0 Å². The van der Waals surface area contributed by atoms with Gasteiger partial charge in [0, 0.05) is 26.7 Å². The van der Waals surface area contributed by atoms with Crippen molar-refractivity contribution in [3.05, 3.63) is 48.0 Å². The van der Waals surface area contributed by atoms with Crippen molar-refractivity contribution in [2.75, 3.05) is 6.54 Å². The molecule has 0 N–H and O–H groups in total. The van der Waals surface area contributed by atoms with Crippen molar-refractivity contribution >= 4 is 5.71 Å². The Balaban J connectivity index is 0.00000112. The van der Waals surface area contributed by atoms with Crippen LogP contribution in [0, 0.1) is 11.5 Å². The van der Waals surface area contributed by atoms with E-state index in [0.717, 1.165) is 17.8 Å². The number of rotatable bonds is 1. The minimum absolute atomic E-state index is 0. The Morgan fingerprint density at radius 1 is 1.33 bits per heavy atom. The van der Waals surface area contributed by atoms with Gasteiger partial charge in [0.2, 0.25) is 0 Å². The predicted molar refractivity (Wildman–Crippen MR) is 59.6 cm³/mol. The molecule has 0 fully saturated rings. The first-order chi connectivity index (χ1) is 6.70. The summed E-state index contributed by atoms with van der Waals surface area (Å²) in [6, 6.07) is 11.2. The van der Waals surface area contributed by atoms with E-state index < -0.39 is 0 Å². The third kappa shape index (κ3) is 2.64. The summed E-state index contributed by atoms with van der Waals surface area (Å²) in [5.41, 5.74) is 2.29. The molecule has 0 unspecified atom stereocenters. The molecule has 1 nitrogen and oxygen atoms in total. The summed E-state index contributed by atoms with van der Waals surface area (Å²) in [6.45, 7) is 5.16. The van der Waals surface area contributed by atoms with Crippen LogP contribution in [0.5, 0.6) is 0 Å². The van der Waals surface area contributed by atoms with Gasteiger partial charge in [-0.05, 0) is 11.1 Å². The molecule has 15 heavy (non-hydrogen) atoms. The summed E-state index contributed by atoms with van der Waals surface area (Å²) < 4.78 is 0. The van der Waals surface area contributed by atoms with Gasteiger partial charge in [-0.25, -0.2) is 0 Å². The maximum atomic E-state index is 4.55. The van der Waals surface area contributed by atoms with E-state index in [1.807, 2.05) is 18.2 Å². The molecule has 81 valence electrons. The zero-order valence-electron chi connectivity index (χ0n) is 8.95. The number of aliphatic imine (C=N–C) groups is 1. The van der Waals surface area contributed by atoms with Crippen LogP contribution < -0.4 is 0 Å². The molecule has 1 aromatic rings. The fraction of sp³-hybridized carbons (Fsp3) is 0.308. The third-order valence-electron chi connectivity index (χ3n) is 2.46. The van der Waals surface area contributed by atoms with Gasteiger partial charge in [0.05, 0.1) is 0 Å². The molecular formula is C13H14IrN-. The van der Waals surface area contributed by atoms with Crippen molar-refractivity contribution in [3.63, 3.8) is 0 Å². The van der Waals surface area contributed by atoms with Gasteiger partial charge in [-0.3, -0.25) is 0 Å². The van der Waals surface area contributed by atoms with E-state index in [1.165, 1.54) is 0 Å². The Morgan fingerprint density at radius 2 is 2.13 bits per heavy atom. The number of hydrogen-bond acceptors (Lipinski definition) is 1. The third-order valence-corrected chi connectivity index (χ3v) is 2.46. The second-order valence-electron chi connectivity index (χ2n) is 4.09. The van der Waals surface area contributed by atoms with Crippen LogP contribution in [0.2, 0.25) is 0 Å². The first-order valence-corrected chi connectivity index (χ1v) is 4.90. The van der Waals surface area contributed by atoms with Crippen LogP contribution in [-0.4, -0.2) is 12.3 Å². The van der Waals surface area contributed by atoms with E-state index in [9.17, 15) is 0 Å². The second-order valence-corrected chi connectivity index (χ2v) is 4.09. The number of hydrogen-bond donors (Lipinski definition) is 0. The topological polar surface area (TPSA) is 12.4 Å². The molecule has 0 amide bonds. The zero-order chi connectivity index (χ0) is 10.0. The SMILES string of the molecule is CC1(C)C=CCN=C1c1[c-]cccc1.[Ir]. The van der Waals surface area contributed by atoms with Gasteiger partial charge < -0.3 is 4.99 Å². The molecule has 0 saturated heterocycles. The van der Waals surface area contributed by atoms with Crippen molar-refractivity contribution in [2.45, 2.75) is 13.8 Å². The first-order valence-electron chi connectivity index (χ1n) is 4.90. The standard InChI is InChI=1S/C13H14N.Ir/c1-13(2)9-6-10-14-12(13)11-7-4-3-5-8-11;/h3-7,9H,10H2,1-2H3;/q-1;. The molecular weight excluding hydrogens is 362 g/mol. The Morgan fingerprint density at radius 3 is 2.73 bits per heavy atom. The van der Waals surface area contributed by atoms with Gasteiger partial charge in [-0.2, -0.15) is 0 Å². The van der Waals surface area contributed by atoms with Gasteiger partial charge in [0.15, 0.2) is 0 Å². The Kier molecular flexibility index (Phi) is 4.01. The molecule has 2 rings (SSSR count). The summed E-state index contributed by atoms with van der Waals surface area (Å²) in [5, 5.41) is 0. The van der Waals surface area contributed by atoms with Gasteiger partial charge in [0.25, 0.3) is 0 Å². The number of dihydropyridines is 1. The molecule has 1 aliphatic heterocycles. The Labute approximate surface area is 105 Å². The summed E-state index contributed by atoms with van der Waals surface area (Å²) in [7, 11) is 0. The van der Waals surface area contributed by atoms with Gasteiger partial charge in [-0.15, -0.1) is 35.9 Å². The molecule has 0 aromatic heterocycles. The van der Waals surface area contributed by atoms with E-state index in [1.54, 1.807) is 0 Å². The monoisotopic (exact) mass is 377 g/mol. The van der Waals surface area contributed by atoms with Crippen LogP contribution in [0.25, 0.3) is 0 Å². The number of allylic oxidation sites excluding steroid dienone is 1. The molecule has 0 saturated carbocycles. The van der Waals surface area contributed by atoms with Crippen molar-refractivity contribution < 1.29 is 20.1 Å². The average molecular weight is 376 g/mol. The van der Waals surface area contributed by atoms with Gasteiger partial charge >= 0.3 is 0 Å². The predicted octanol–water partition coefficient (Wildman–Crippen LogP) is 2.87. The molecule has 0 bridgehead atoms. The quantitative estimate of drug-likeness (QED) is 0.528. The van der Waals surface area contributed by atoms with Gasteiger partial charge in [0.1, 0.15) is 0 Å². The van der Waals surface area contributed by atoms with Crippen LogP contribution in [0.1, 0.15) is 19.4 Å². The Bertz CT molecular complexity index is 377. The minimum atomic E-state index is 0. The summed E-state index contributed by atoms with van der Waals surface area (Å²) in [6.07, 6.45) is 4.34. The summed E-state index contributed by atoms with van der Waals surface area (Å²) in [4.78, 5) is 4.55. The van der Waals surface area contributed by atoms with E-state index in [-0.39, 0.29) is 25.5 Å².